The first-order valence-electron chi connectivity index (χ1n) is 11.6. The zero-order valence-corrected chi connectivity index (χ0v) is 20.4. The highest BCUT2D eigenvalue weighted by Gasteiger charge is 2.31. The smallest absolute Gasteiger partial charge is 0.277 e. The molecular weight excluding hydrogens is 476 g/mol. The van der Waals surface area contributed by atoms with Gasteiger partial charge in [0.2, 0.25) is 10.0 Å². The molecule has 0 bridgehead atoms. The number of hydrogen-bond acceptors (Lipinski definition) is 7. The molecule has 0 spiro atoms. The lowest BCUT2D eigenvalue weighted by atomic mass is 10.1. The molecule has 2 aliphatic heterocycles. The number of anilines is 4. The number of fused-ring (bicyclic) bond motifs is 1. The van der Waals surface area contributed by atoms with E-state index >= 15 is 0 Å². The average molecular weight is 504 g/mol. The van der Waals surface area contributed by atoms with Crippen LogP contribution in [0.1, 0.15) is 30.7 Å². The van der Waals surface area contributed by atoms with E-state index in [0.717, 1.165) is 44.3 Å². The van der Waals surface area contributed by atoms with Crippen molar-refractivity contribution in [2.24, 2.45) is 10.9 Å². The molecule has 1 saturated heterocycles. The maximum absolute atomic E-state index is 13.4. The molecule has 1 saturated carbocycles. The van der Waals surface area contributed by atoms with Crippen LogP contribution in [0.2, 0.25) is 0 Å². The van der Waals surface area contributed by atoms with Gasteiger partial charge in [-0.25, -0.2) is 22.2 Å². The molecule has 3 heterocycles. The standard InChI is InChI=1S/C24H27F2N5O3S/c1-30(35(2,33)34)21-12-16(31-8-3-9-31)6-7-17(21)28-18-10-15(11-22(32)14-4-5-14)27-19-13-20(24(25)26)29-23(18)19/h6-7,10,12,14,24H,3-5,8-9,11,13H2,1-2H3,(H,27,28). The normalized spacial score (nSPS) is 17.2. The Kier molecular flexibility index (Phi) is 5.98. The minimum absolute atomic E-state index is 0.0541. The number of aliphatic imine (C=N–C) groups is 1. The monoisotopic (exact) mass is 503 g/mol. The third-order valence-electron chi connectivity index (χ3n) is 6.67. The molecule has 11 heteroatoms. The molecule has 0 amide bonds. The second kappa shape index (κ2) is 8.85. The van der Waals surface area contributed by atoms with Gasteiger partial charge in [0.15, 0.2) is 0 Å². The fourth-order valence-electron chi connectivity index (χ4n) is 4.27. The van der Waals surface area contributed by atoms with Gasteiger partial charge >= 0.3 is 0 Å². The van der Waals surface area contributed by atoms with Crippen molar-refractivity contribution < 1.29 is 22.0 Å². The predicted octanol–water partition coefficient (Wildman–Crippen LogP) is 3.85. The van der Waals surface area contributed by atoms with Crippen LogP contribution in [0.4, 0.5) is 37.2 Å². The summed E-state index contributed by atoms with van der Waals surface area (Å²) in [6, 6.07) is 7.13. The summed E-state index contributed by atoms with van der Waals surface area (Å²) in [5.74, 6) is 0.145. The lowest BCUT2D eigenvalue weighted by molar-refractivity contribution is -0.119. The van der Waals surface area contributed by atoms with Crippen molar-refractivity contribution >= 4 is 50.0 Å². The third-order valence-corrected chi connectivity index (χ3v) is 7.86. The van der Waals surface area contributed by atoms with Crippen LogP contribution in [0, 0.1) is 5.92 Å². The summed E-state index contributed by atoms with van der Waals surface area (Å²) >= 11 is 0. The minimum atomic E-state index is -3.57. The first kappa shape index (κ1) is 23.7. The first-order chi connectivity index (χ1) is 16.6. The van der Waals surface area contributed by atoms with E-state index in [2.05, 4.69) is 20.2 Å². The number of nitrogens with one attached hydrogen (secondary N) is 1. The van der Waals surface area contributed by atoms with Gasteiger partial charge in [0, 0.05) is 44.6 Å². The highest BCUT2D eigenvalue weighted by Crippen LogP contribution is 2.41. The Labute approximate surface area is 203 Å². The Bertz CT molecular complexity index is 1320. The second-order valence-corrected chi connectivity index (χ2v) is 11.4. The first-order valence-corrected chi connectivity index (χ1v) is 13.5. The Balaban J connectivity index is 1.55. The van der Waals surface area contributed by atoms with E-state index in [4.69, 9.17) is 0 Å². The Morgan fingerprint density at radius 1 is 1.23 bits per heavy atom. The molecule has 186 valence electrons. The summed E-state index contributed by atoms with van der Waals surface area (Å²) in [7, 11) is -2.10. The maximum atomic E-state index is 13.4. The fourth-order valence-corrected chi connectivity index (χ4v) is 4.78. The quantitative estimate of drug-likeness (QED) is 0.559. The molecule has 3 aliphatic rings. The number of benzene rings is 1. The molecule has 1 aromatic carbocycles. The van der Waals surface area contributed by atoms with Crippen LogP contribution in [-0.4, -0.2) is 57.7 Å². The minimum Gasteiger partial charge on any atom is -0.371 e. The van der Waals surface area contributed by atoms with Crippen molar-refractivity contribution in [1.82, 2.24) is 4.98 Å². The van der Waals surface area contributed by atoms with Gasteiger partial charge in [-0.3, -0.25) is 14.1 Å². The zero-order valence-electron chi connectivity index (χ0n) is 19.6. The van der Waals surface area contributed by atoms with Crippen LogP contribution in [0.3, 0.4) is 0 Å². The number of halogens is 2. The number of nitrogens with zero attached hydrogens (tertiary/aromatic N) is 4. The average Bonchev–Trinajstić information content (AvgIpc) is 3.51. The molecule has 1 aliphatic carbocycles. The molecular formula is C24H27F2N5O3S. The van der Waals surface area contributed by atoms with Crippen LogP contribution < -0.4 is 14.5 Å². The van der Waals surface area contributed by atoms with Crippen LogP contribution in [0.25, 0.3) is 0 Å². The summed E-state index contributed by atoms with van der Waals surface area (Å²) in [5, 5.41) is 3.22. The van der Waals surface area contributed by atoms with E-state index in [1.807, 2.05) is 6.07 Å². The Morgan fingerprint density at radius 2 is 1.97 bits per heavy atom. The molecule has 0 unspecified atom stereocenters. The summed E-state index contributed by atoms with van der Waals surface area (Å²) in [4.78, 5) is 23.2. The van der Waals surface area contributed by atoms with E-state index in [9.17, 15) is 22.0 Å². The number of hydrogen-bond donors (Lipinski definition) is 1. The van der Waals surface area contributed by atoms with Gasteiger partial charge in [0.25, 0.3) is 6.43 Å². The molecule has 8 nitrogen and oxygen atoms in total. The number of rotatable bonds is 9. The van der Waals surface area contributed by atoms with Crippen LogP contribution in [0.5, 0.6) is 0 Å². The van der Waals surface area contributed by atoms with Gasteiger partial charge in [-0.2, -0.15) is 0 Å². The Hall–Kier alpha value is -3.08. The van der Waals surface area contributed by atoms with Crippen molar-refractivity contribution in [3.05, 3.63) is 35.7 Å². The van der Waals surface area contributed by atoms with Crippen LogP contribution in [0.15, 0.2) is 29.3 Å². The number of sulfonamides is 1. The van der Waals surface area contributed by atoms with E-state index < -0.39 is 16.4 Å². The second-order valence-electron chi connectivity index (χ2n) is 9.35. The molecule has 1 N–H and O–H groups in total. The van der Waals surface area contributed by atoms with Gasteiger partial charge in [0.1, 0.15) is 11.5 Å². The van der Waals surface area contributed by atoms with Gasteiger partial charge in [-0.05, 0) is 43.5 Å². The zero-order chi connectivity index (χ0) is 24.9. The largest absolute Gasteiger partial charge is 0.371 e. The predicted molar refractivity (Wildman–Crippen MR) is 132 cm³/mol. The van der Waals surface area contributed by atoms with Gasteiger partial charge < -0.3 is 10.2 Å². The summed E-state index contributed by atoms with van der Waals surface area (Å²) < 4.78 is 52.8. The van der Waals surface area contributed by atoms with E-state index in [1.54, 1.807) is 18.2 Å². The Morgan fingerprint density at radius 3 is 2.57 bits per heavy atom. The SMILES string of the molecule is CN(c1cc(N2CCC2)ccc1Nc1cc(CC(=O)C2CC2)nc2c1N=C(C(F)F)C2)S(C)(=O)=O. The maximum Gasteiger partial charge on any atom is 0.277 e. The van der Waals surface area contributed by atoms with Crippen LogP contribution in [-0.2, 0) is 27.7 Å². The summed E-state index contributed by atoms with van der Waals surface area (Å²) in [6.45, 7) is 1.80. The lowest BCUT2D eigenvalue weighted by Gasteiger charge is -2.34. The molecule has 0 radical (unpaired) electrons. The number of carbonyl (C=O) groups excluding carboxylic acids is 1. The fraction of sp³-hybridized carbons (Fsp3) is 0.458. The number of pyridine rings is 1. The highest BCUT2D eigenvalue weighted by atomic mass is 32.2. The third kappa shape index (κ3) is 4.86. The highest BCUT2D eigenvalue weighted by molar-refractivity contribution is 7.92. The number of aromatic nitrogens is 1. The lowest BCUT2D eigenvalue weighted by Crippen LogP contribution is -2.37. The van der Waals surface area contributed by atoms with E-state index in [-0.39, 0.29) is 30.3 Å². The molecule has 2 fully saturated rings. The van der Waals surface area contributed by atoms with Crippen molar-refractivity contribution in [3.8, 4) is 0 Å². The summed E-state index contributed by atoms with van der Waals surface area (Å²) in [5.41, 5.74) is 3.13. The van der Waals surface area contributed by atoms with Gasteiger partial charge in [0.05, 0.1) is 40.4 Å². The van der Waals surface area contributed by atoms with E-state index in [0.29, 0.717) is 34.1 Å². The number of carbonyl (C=O) groups is 1. The number of Topliss-reactive ketones (excluding diaryl/α,β-unsaturated/α-hetero) is 1. The van der Waals surface area contributed by atoms with Crippen molar-refractivity contribution in [2.75, 3.05) is 40.9 Å². The summed E-state index contributed by atoms with van der Waals surface area (Å²) in [6.07, 6.45) is 1.27. The van der Waals surface area contributed by atoms with Gasteiger partial charge in [-0.15, -0.1) is 0 Å². The molecule has 5 rings (SSSR count). The van der Waals surface area contributed by atoms with Crippen molar-refractivity contribution in [1.29, 1.82) is 0 Å². The van der Waals surface area contributed by atoms with Gasteiger partial charge in [-0.1, -0.05) is 0 Å². The molecule has 35 heavy (non-hydrogen) atoms. The van der Waals surface area contributed by atoms with Crippen LogP contribution >= 0.6 is 0 Å². The molecule has 2 aromatic rings. The molecule has 1 aromatic heterocycles. The molecule has 0 atom stereocenters. The number of ketones is 1. The topological polar surface area (TPSA) is 95.0 Å². The van der Waals surface area contributed by atoms with E-state index in [1.165, 1.54) is 11.4 Å². The van der Waals surface area contributed by atoms with Crippen molar-refractivity contribution in [3.63, 3.8) is 0 Å². The number of alkyl halides is 2. The van der Waals surface area contributed by atoms with Crippen molar-refractivity contribution in [2.45, 2.75) is 38.5 Å².